The molecule has 8 heteroatoms. The number of hydrogen-bond acceptors (Lipinski definition) is 2. The second kappa shape index (κ2) is 6.26. The molecule has 3 nitrogen and oxygen atoms in total. The van der Waals surface area contributed by atoms with Gasteiger partial charge in [0.25, 0.3) is 0 Å². The van der Waals surface area contributed by atoms with Crippen molar-refractivity contribution in [1.29, 1.82) is 0 Å². The molecule has 18 heavy (non-hydrogen) atoms. The van der Waals surface area contributed by atoms with Crippen molar-refractivity contribution in [3.05, 3.63) is 30.1 Å². The summed E-state index contributed by atoms with van der Waals surface area (Å²) in [5, 5.41) is 0. The van der Waals surface area contributed by atoms with E-state index in [1.807, 2.05) is 0 Å². The van der Waals surface area contributed by atoms with E-state index in [9.17, 15) is 13.2 Å². The van der Waals surface area contributed by atoms with E-state index in [0.717, 1.165) is 4.57 Å². The molecule has 0 saturated heterocycles. The quantitative estimate of drug-likeness (QED) is 0.927. The van der Waals surface area contributed by atoms with Crippen LogP contribution < -0.4 is 5.73 Å². The van der Waals surface area contributed by atoms with E-state index in [1.165, 1.54) is 0 Å². The van der Waals surface area contributed by atoms with Crippen LogP contribution in [0.1, 0.15) is 5.82 Å². The van der Waals surface area contributed by atoms with Gasteiger partial charge in [-0.3, -0.25) is 0 Å². The minimum Gasteiger partial charge on any atom is -0.329 e. The Labute approximate surface area is 114 Å². The molecule has 0 aliphatic heterocycles. The Morgan fingerprint density at radius 1 is 1.17 bits per heavy atom. The fraction of sp³-hybridized carbons (Fsp3) is 0.300. The Balaban J connectivity index is 0.00000144. The van der Waals surface area contributed by atoms with Crippen LogP contribution in [0, 0.1) is 0 Å². The van der Waals surface area contributed by atoms with Gasteiger partial charge in [-0.05, 0) is 12.1 Å². The third-order valence-corrected chi connectivity index (χ3v) is 2.26. The maximum Gasteiger partial charge on any atom is 0.449 e. The molecule has 0 radical (unpaired) electrons. The summed E-state index contributed by atoms with van der Waals surface area (Å²) in [5.74, 6) is -0.890. The van der Waals surface area contributed by atoms with Crippen molar-refractivity contribution in [3.8, 4) is 0 Å². The van der Waals surface area contributed by atoms with Crippen LogP contribution in [0.2, 0.25) is 0 Å². The van der Waals surface area contributed by atoms with Gasteiger partial charge in [-0.25, -0.2) is 4.98 Å². The van der Waals surface area contributed by atoms with Crippen molar-refractivity contribution in [2.24, 2.45) is 5.73 Å². The van der Waals surface area contributed by atoms with Crippen molar-refractivity contribution in [2.75, 3.05) is 6.54 Å². The van der Waals surface area contributed by atoms with Crippen LogP contribution >= 0.6 is 24.8 Å². The van der Waals surface area contributed by atoms with Crippen LogP contribution in [0.15, 0.2) is 24.3 Å². The SMILES string of the molecule is Cl.Cl.NCCn1c(C(F)(F)F)nc2ccccc21. The van der Waals surface area contributed by atoms with E-state index < -0.39 is 12.0 Å². The lowest BCUT2D eigenvalue weighted by atomic mass is 10.3. The number of para-hydroxylation sites is 2. The summed E-state index contributed by atoms with van der Waals surface area (Å²) in [4.78, 5) is 3.58. The Morgan fingerprint density at radius 3 is 2.33 bits per heavy atom. The zero-order valence-corrected chi connectivity index (χ0v) is 10.8. The number of nitrogens with two attached hydrogens (primary N) is 1. The molecular weight excluding hydrogens is 290 g/mol. The van der Waals surface area contributed by atoms with E-state index >= 15 is 0 Å². The molecule has 1 aromatic carbocycles. The predicted octanol–water partition coefficient (Wildman–Crippen LogP) is 2.86. The van der Waals surface area contributed by atoms with E-state index in [0.29, 0.717) is 11.0 Å². The van der Waals surface area contributed by atoms with Gasteiger partial charge in [-0.1, -0.05) is 12.1 Å². The molecule has 0 amide bonds. The fourth-order valence-electron chi connectivity index (χ4n) is 1.65. The third-order valence-electron chi connectivity index (χ3n) is 2.26. The van der Waals surface area contributed by atoms with Crippen LogP contribution in [-0.4, -0.2) is 16.1 Å². The molecular formula is C10H12Cl2F3N3. The van der Waals surface area contributed by atoms with Crippen LogP contribution in [0.5, 0.6) is 0 Å². The van der Waals surface area contributed by atoms with E-state index in [2.05, 4.69) is 4.98 Å². The summed E-state index contributed by atoms with van der Waals surface area (Å²) in [6, 6.07) is 6.49. The van der Waals surface area contributed by atoms with Crippen LogP contribution in [0.3, 0.4) is 0 Å². The topological polar surface area (TPSA) is 43.8 Å². The molecule has 2 aromatic rings. The first kappa shape index (κ1) is 17.0. The number of hydrogen-bond donors (Lipinski definition) is 1. The molecule has 102 valence electrons. The highest BCUT2D eigenvalue weighted by Gasteiger charge is 2.37. The summed E-state index contributed by atoms with van der Waals surface area (Å²) in [6.45, 7) is 0.249. The molecule has 1 heterocycles. The van der Waals surface area contributed by atoms with Gasteiger partial charge in [0.2, 0.25) is 5.82 Å². The van der Waals surface area contributed by atoms with Crippen molar-refractivity contribution in [1.82, 2.24) is 9.55 Å². The van der Waals surface area contributed by atoms with E-state index in [-0.39, 0.29) is 37.9 Å². The van der Waals surface area contributed by atoms with Crippen molar-refractivity contribution >= 4 is 35.8 Å². The Kier molecular flexibility index (Phi) is 5.92. The molecule has 0 spiro atoms. The summed E-state index contributed by atoms with van der Waals surface area (Å²) in [5.41, 5.74) is 6.10. The number of alkyl halides is 3. The molecule has 2 rings (SSSR count). The third kappa shape index (κ3) is 3.07. The number of rotatable bonds is 2. The normalized spacial score (nSPS) is 10.9. The van der Waals surface area contributed by atoms with Crippen LogP contribution in [0.25, 0.3) is 11.0 Å². The average molecular weight is 302 g/mol. The number of benzene rings is 1. The highest BCUT2D eigenvalue weighted by Crippen LogP contribution is 2.31. The highest BCUT2D eigenvalue weighted by atomic mass is 35.5. The molecule has 0 aliphatic rings. The first-order valence-corrected chi connectivity index (χ1v) is 4.76. The number of nitrogens with zero attached hydrogens (tertiary/aromatic N) is 2. The lowest BCUT2D eigenvalue weighted by Gasteiger charge is -2.09. The number of imidazole rings is 1. The summed E-state index contributed by atoms with van der Waals surface area (Å²) in [7, 11) is 0. The summed E-state index contributed by atoms with van der Waals surface area (Å²) < 4.78 is 39.2. The molecule has 0 fully saturated rings. The number of halogens is 5. The highest BCUT2D eigenvalue weighted by molar-refractivity contribution is 5.85. The van der Waals surface area contributed by atoms with Crippen molar-refractivity contribution < 1.29 is 13.2 Å². The van der Waals surface area contributed by atoms with Crippen molar-refractivity contribution in [2.45, 2.75) is 12.7 Å². The molecule has 2 N–H and O–H groups in total. The van der Waals surface area contributed by atoms with Gasteiger partial charge in [0.1, 0.15) is 0 Å². The molecule has 0 unspecified atom stereocenters. The monoisotopic (exact) mass is 301 g/mol. The largest absolute Gasteiger partial charge is 0.449 e. The standard InChI is InChI=1S/C10H10F3N3.2ClH/c11-10(12,13)9-15-7-3-1-2-4-8(7)16(9)6-5-14;;/h1-4H,5-6,14H2;2*1H. The van der Waals surface area contributed by atoms with Gasteiger partial charge >= 0.3 is 6.18 Å². The Bertz CT molecular complexity index is 511. The predicted molar refractivity (Wildman–Crippen MR) is 68.3 cm³/mol. The molecule has 0 saturated carbocycles. The molecule has 0 aliphatic carbocycles. The Hall–Kier alpha value is -0.980. The lowest BCUT2D eigenvalue weighted by molar-refractivity contribution is -0.146. The minimum atomic E-state index is -4.45. The summed E-state index contributed by atoms with van der Waals surface area (Å²) in [6.07, 6.45) is -4.45. The first-order chi connectivity index (χ1) is 7.54. The second-order valence-corrected chi connectivity index (χ2v) is 3.36. The molecule has 0 bridgehead atoms. The minimum absolute atomic E-state index is 0. The van der Waals surface area contributed by atoms with Gasteiger partial charge in [-0.2, -0.15) is 13.2 Å². The van der Waals surface area contributed by atoms with Gasteiger partial charge in [-0.15, -0.1) is 24.8 Å². The molecule has 1 aromatic heterocycles. The van der Waals surface area contributed by atoms with Crippen LogP contribution in [-0.2, 0) is 12.7 Å². The van der Waals surface area contributed by atoms with Gasteiger partial charge in [0.05, 0.1) is 11.0 Å². The lowest BCUT2D eigenvalue weighted by Crippen LogP contribution is -2.18. The number of fused-ring (bicyclic) bond motifs is 1. The smallest absolute Gasteiger partial charge is 0.329 e. The number of aromatic nitrogens is 2. The van der Waals surface area contributed by atoms with Gasteiger partial charge < -0.3 is 10.3 Å². The average Bonchev–Trinajstić information content (AvgIpc) is 2.58. The van der Waals surface area contributed by atoms with E-state index in [4.69, 9.17) is 5.73 Å². The first-order valence-electron chi connectivity index (χ1n) is 4.76. The van der Waals surface area contributed by atoms with E-state index in [1.54, 1.807) is 24.3 Å². The maximum atomic E-state index is 12.7. The summed E-state index contributed by atoms with van der Waals surface area (Å²) >= 11 is 0. The van der Waals surface area contributed by atoms with Crippen molar-refractivity contribution in [3.63, 3.8) is 0 Å². The zero-order valence-electron chi connectivity index (χ0n) is 9.15. The van der Waals surface area contributed by atoms with Crippen LogP contribution in [0.4, 0.5) is 13.2 Å². The van der Waals surface area contributed by atoms with Gasteiger partial charge in [0.15, 0.2) is 0 Å². The van der Waals surface area contributed by atoms with Gasteiger partial charge in [0, 0.05) is 13.1 Å². The Morgan fingerprint density at radius 2 is 1.78 bits per heavy atom. The fourth-order valence-corrected chi connectivity index (χ4v) is 1.65. The zero-order chi connectivity index (χ0) is 11.8. The maximum absolute atomic E-state index is 12.7. The molecule has 0 atom stereocenters. The second-order valence-electron chi connectivity index (χ2n) is 3.36.